The third-order valence-electron chi connectivity index (χ3n) is 3.32. The van der Waals surface area contributed by atoms with Gasteiger partial charge in [0.05, 0.1) is 0 Å². The number of hydrogen-bond donors (Lipinski definition) is 0. The molecule has 86 valence electrons. The minimum atomic E-state index is -1.73. The highest BCUT2D eigenvalue weighted by molar-refractivity contribution is 7.28. The first-order valence-electron chi connectivity index (χ1n) is 5.92. The maximum atomic E-state index is 6.61. The highest BCUT2D eigenvalue weighted by atomic mass is 35.6. The van der Waals surface area contributed by atoms with Gasteiger partial charge >= 0.3 is 0 Å². The van der Waals surface area contributed by atoms with Crippen LogP contribution in [0.15, 0.2) is 30.3 Å². The summed E-state index contributed by atoms with van der Waals surface area (Å²) in [6, 6.07) is 8.72. The van der Waals surface area contributed by atoms with Crippen LogP contribution in [0.2, 0.25) is 13.1 Å². The van der Waals surface area contributed by atoms with E-state index in [1.165, 1.54) is 16.3 Å². The Kier molecular flexibility index (Phi) is 3.02. The molecule has 0 amide bonds. The van der Waals surface area contributed by atoms with Crippen molar-refractivity contribution in [3.05, 3.63) is 41.5 Å². The summed E-state index contributed by atoms with van der Waals surface area (Å²) in [5, 5.41) is 1.42. The lowest BCUT2D eigenvalue weighted by atomic mass is 9.90. The maximum absolute atomic E-state index is 6.61. The van der Waals surface area contributed by atoms with Crippen LogP contribution in [-0.4, -0.2) is 7.38 Å². The monoisotopic (exact) mass is 250 g/mol. The summed E-state index contributed by atoms with van der Waals surface area (Å²) in [5.74, 6) is 1.20. The smallest absolute Gasteiger partial charge is 0.162 e. The molecule has 1 aliphatic carbocycles. The second-order valence-electron chi connectivity index (χ2n) is 5.41. The van der Waals surface area contributed by atoms with Gasteiger partial charge < -0.3 is 0 Å². The average molecular weight is 251 g/mol. The number of fused-ring (bicyclic) bond motifs is 1. The molecule has 0 saturated carbocycles. The molecule has 1 aromatic carbocycles. The van der Waals surface area contributed by atoms with Crippen LogP contribution in [0.1, 0.15) is 30.9 Å². The standard InChI is InChI=1S/C14H19ClSi/c1-10(2)13-9-14(16(3,4)15)12-8-6-5-7-11(12)13/h5-10,13H,1-4H3. The van der Waals surface area contributed by atoms with E-state index in [0.29, 0.717) is 11.8 Å². The van der Waals surface area contributed by atoms with E-state index in [9.17, 15) is 0 Å². The van der Waals surface area contributed by atoms with Gasteiger partial charge in [-0.1, -0.05) is 57.3 Å². The van der Waals surface area contributed by atoms with Crippen molar-refractivity contribution in [1.29, 1.82) is 0 Å². The molecule has 0 heterocycles. The fourth-order valence-corrected chi connectivity index (χ4v) is 4.40. The van der Waals surface area contributed by atoms with E-state index >= 15 is 0 Å². The van der Waals surface area contributed by atoms with Gasteiger partial charge in [0.1, 0.15) is 0 Å². The van der Waals surface area contributed by atoms with Crippen LogP contribution >= 0.6 is 11.1 Å². The molecule has 1 atom stereocenters. The summed E-state index contributed by atoms with van der Waals surface area (Å²) in [6.45, 7) is 8.98. The zero-order chi connectivity index (χ0) is 11.9. The number of halogens is 1. The average Bonchev–Trinajstić information content (AvgIpc) is 2.56. The van der Waals surface area contributed by atoms with Crippen molar-refractivity contribution < 1.29 is 0 Å². The Morgan fingerprint density at radius 1 is 1.19 bits per heavy atom. The van der Waals surface area contributed by atoms with Gasteiger partial charge in [-0.3, -0.25) is 0 Å². The van der Waals surface area contributed by atoms with Crippen LogP contribution in [0.4, 0.5) is 0 Å². The number of rotatable bonds is 2. The molecular formula is C14H19ClSi. The van der Waals surface area contributed by atoms with Gasteiger partial charge in [-0.05, 0) is 22.2 Å². The molecule has 0 spiro atoms. The predicted molar refractivity (Wildman–Crippen MR) is 75.3 cm³/mol. The summed E-state index contributed by atoms with van der Waals surface area (Å²) in [5.41, 5.74) is 2.86. The third-order valence-corrected chi connectivity index (χ3v) is 5.64. The van der Waals surface area contributed by atoms with Gasteiger partial charge in [0, 0.05) is 5.92 Å². The zero-order valence-corrected chi connectivity index (χ0v) is 12.2. The van der Waals surface area contributed by atoms with E-state index in [0.717, 1.165) is 0 Å². The first-order chi connectivity index (χ1) is 7.41. The van der Waals surface area contributed by atoms with E-state index in [1.54, 1.807) is 0 Å². The Morgan fingerprint density at radius 3 is 2.38 bits per heavy atom. The largest absolute Gasteiger partial charge is 0.181 e. The van der Waals surface area contributed by atoms with Gasteiger partial charge in [0.2, 0.25) is 0 Å². The molecule has 0 nitrogen and oxygen atoms in total. The summed E-state index contributed by atoms with van der Waals surface area (Å²) in [4.78, 5) is 0. The quantitative estimate of drug-likeness (QED) is 0.522. The molecule has 16 heavy (non-hydrogen) atoms. The van der Waals surface area contributed by atoms with Crippen LogP contribution in [0.3, 0.4) is 0 Å². The number of hydrogen-bond acceptors (Lipinski definition) is 0. The van der Waals surface area contributed by atoms with Gasteiger partial charge in [-0.2, -0.15) is 11.1 Å². The minimum absolute atomic E-state index is 0.553. The SMILES string of the molecule is CC(C)C1C=C([Si](C)(C)Cl)c2ccccc21. The Morgan fingerprint density at radius 2 is 1.81 bits per heavy atom. The van der Waals surface area contributed by atoms with Crippen molar-refractivity contribution in [2.45, 2.75) is 32.9 Å². The van der Waals surface area contributed by atoms with Crippen LogP contribution in [-0.2, 0) is 0 Å². The lowest BCUT2D eigenvalue weighted by Crippen LogP contribution is -2.18. The summed E-state index contributed by atoms with van der Waals surface area (Å²) >= 11 is 6.61. The first-order valence-corrected chi connectivity index (χ1v) is 9.93. The van der Waals surface area contributed by atoms with Crippen LogP contribution < -0.4 is 0 Å². The summed E-state index contributed by atoms with van der Waals surface area (Å²) in [6.07, 6.45) is 2.41. The van der Waals surface area contributed by atoms with E-state index < -0.39 is 7.38 Å². The van der Waals surface area contributed by atoms with Crippen molar-refractivity contribution in [2.75, 3.05) is 0 Å². The first kappa shape index (κ1) is 11.9. The van der Waals surface area contributed by atoms with Crippen LogP contribution in [0.5, 0.6) is 0 Å². The van der Waals surface area contributed by atoms with E-state index in [4.69, 9.17) is 11.1 Å². The van der Waals surface area contributed by atoms with Crippen molar-refractivity contribution in [2.24, 2.45) is 5.92 Å². The summed E-state index contributed by atoms with van der Waals surface area (Å²) in [7, 11) is -1.73. The second kappa shape index (κ2) is 4.05. The fourth-order valence-electron chi connectivity index (χ4n) is 2.46. The molecule has 2 heteroatoms. The molecular weight excluding hydrogens is 232 g/mol. The van der Waals surface area contributed by atoms with Crippen LogP contribution in [0, 0.1) is 5.92 Å². The van der Waals surface area contributed by atoms with Crippen molar-refractivity contribution in [3.63, 3.8) is 0 Å². The highest BCUT2D eigenvalue weighted by Crippen LogP contribution is 2.44. The van der Waals surface area contributed by atoms with Gasteiger partial charge in [0.15, 0.2) is 7.38 Å². The normalized spacial score (nSPS) is 19.9. The topological polar surface area (TPSA) is 0 Å². The molecule has 1 unspecified atom stereocenters. The maximum Gasteiger partial charge on any atom is 0.181 e. The van der Waals surface area contributed by atoms with Gasteiger partial charge in [-0.25, -0.2) is 0 Å². The summed E-state index contributed by atoms with van der Waals surface area (Å²) < 4.78 is 0. The molecule has 2 rings (SSSR count). The lowest BCUT2D eigenvalue weighted by molar-refractivity contribution is 0.584. The molecule has 0 aromatic heterocycles. The van der Waals surface area contributed by atoms with E-state index in [-0.39, 0.29) is 0 Å². The van der Waals surface area contributed by atoms with Crippen LogP contribution in [0.25, 0.3) is 5.20 Å². The second-order valence-corrected chi connectivity index (χ2v) is 11.7. The van der Waals surface area contributed by atoms with Gasteiger partial charge in [0.25, 0.3) is 0 Å². The molecule has 1 aromatic rings. The van der Waals surface area contributed by atoms with Crippen molar-refractivity contribution >= 4 is 23.7 Å². The molecule has 0 fully saturated rings. The molecule has 0 radical (unpaired) electrons. The Bertz CT molecular complexity index is 427. The molecule has 1 aliphatic rings. The zero-order valence-electron chi connectivity index (χ0n) is 10.4. The van der Waals surface area contributed by atoms with Gasteiger partial charge in [-0.15, -0.1) is 0 Å². The molecule has 0 N–H and O–H groups in total. The minimum Gasteiger partial charge on any atom is -0.162 e. The number of benzene rings is 1. The highest BCUT2D eigenvalue weighted by Gasteiger charge is 2.33. The Labute approximate surface area is 104 Å². The molecule has 0 saturated heterocycles. The lowest BCUT2D eigenvalue weighted by Gasteiger charge is -2.16. The fraction of sp³-hybridized carbons (Fsp3) is 0.429. The molecule has 0 bridgehead atoms. The number of allylic oxidation sites excluding steroid dienone is 1. The van der Waals surface area contributed by atoms with Crippen molar-refractivity contribution in [1.82, 2.24) is 0 Å². The Hall–Kier alpha value is -0.533. The van der Waals surface area contributed by atoms with E-state index in [1.807, 2.05) is 0 Å². The Balaban J connectivity index is 2.54. The van der Waals surface area contributed by atoms with E-state index in [2.05, 4.69) is 57.3 Å². The predicted octanol–water partition coefficient (Wildman–Crippen LogP) is 4.81. The molecule has 0 aliphatic heterocycles. The van der Waals surface area contributed by atoms with Crippen molar-refractivity contribution in [3.8, 4) is 0 Å². The third kappa shape index (κ3) is 1.99.